The van der Waals surface area contributed by atoms with E-state index in [1.54, 1.807) is 24.5 Å². The van der Waals surface area contributed by atoms with Crippen molar-refractivity contribution in [3.63, 3.8) is 0 Å². The van der Waals surface area contributed by atoms with Crippen molar-refractivity contribution in [2.75, 3.05) is 13.4 Å². The summed E-state index contributed by atoms with van der Waals surface area (Å²) in [6.45, 7) is 3.95. The summed E-state index contributed by atoms with van der Waals surface area (Å²) < 4.78 is 19.0. The van der Waals surface area contributed by atoms with E-state index in [4.69, 9.17) is 14.2 Å². The molecule has 1 unspecified atom stereocenters. The van der Waals surface area contributed by atoms with Gasteiger partial charge in [0.15, 0.2) is 16.3 Å². The molecule has 2 aliphatic rings. The number of rotatable bonds is 4. The molecule has 4 heterocycles. The average Bonchev–Trinajstić information content (AvgIpc) is 3.49. The van der Waals surface area contributed by atoms with Crippen molar-refractivity contribution in [1.82, 2.24) is 4.57 Å². The van der Waals surface area contributed by atoms with E-state index >= 15 is 0 Å². The van der Waals surface area contributed by atoms with Crippen molar-refractivity contribution in [2.24, 2.45) is 4.99 Å². The minimum absolute atomic E-state index is 0.171. The Morgan fingerprint density at radius 2 is 2.16 bits per heavy atom. The van der Waals surface area contributed by atoms with Crippen LogP contribution in [0.25, 0.3) is 6.08 Å². The topological polar surface area (TPSA) is 79.1 Å². The number of esters is 1. The smallest absolute Gasteiger partial charge is 0.338 e. The number of hydrogen-bond donors (Lipinski definition) is 0. The number of allylic oxidation sites excluding steroid dienone is 1. The number of nitrogens with zero attached hydrogens (tertiary/aromatic N) is 2. The van der Waals surface area contributed by atoms with Crippen LogP contribution in [0.5, 0.6) is 11.5 Å². The van der Waals surface area contributed by atoms with Gasteiger partial charge in [0, 0.05) is 9.35 Å². The fraction of sp³-hybridized carbons (Fsp3) is 0.227. The van der Waals surface area contributed by atoms with Crippen LogP contribution in [0, 0.1) is 0 Å². The van der Waals surface area contributed by atoms with Gasteiger partial charge in [-0.3, -0.25) is 9.36 Å². The minimum atomic E-state index is -0.576. The summed E-state index contributed by atoms with van der Waals surface area (Å²) in [5.41, 5.74) is 1.51. The van der Waals surface area contributed by atoms with Gasteiger partial charge in [0.05, 0.1) is 22.4 Å². The molecule has 10 heteroatoms. The van der Waals surface area contributed by atoms with Crippen LogP contribution >= 0.6 is 38.6 Å². The van der Waals surface area contributed by atoms with Gasteiger partial charge in [-0.1, -0.05) is 33.3 Å². The van der Waals surface area contributed by atoms with Crippen molar-refractivity contribution in [1.29, 1.82) is 0 Å². The SMILES string of the molecule is CCOC(=O)C1=C(C)N=c2sc(=Cc3cc4c(cc3Br)OCO4)c(=O)n2C1c1cccs1. The second kappa shape index (κ2) is 8.34. The van der Waals surface area contributed by atoms with Gasteiger partial charge in [-0.25, -0.2) is 9.79 Å². The molecule has 0 bridgehead atoms. The lowest BCUT2D eigenvalue weighted by atomic mass is 10.0. The summed E-state index contributed by atoms with van der Waals surface area (Å²) in [6.07, 6.45) is 1.80. The maximum atomic E-state index is 13.5. The maximum absolute atomic E-state index is 13.5. The third-order valence-electron chi connectivity index (χ3n) is 5.11. The van der Waals surface area contributed by atoms with Gasteiger partial charge in [-0.15, -0.1) is 11.3 Å². The van der Waals surface area contributed by atoms with Crippen LogP contribution in [0.4, 0.5) is 0 Å². The first-order valence-corrected chi connectivity index (χ1v) is 12.3. The fourth-order valence-electron chi connectivity index (χ4n) is 3.69. The first-order valence-electron chi connectivity index (χ1n) is 9.80. The number of ether oxygens (including phenoxy) is 3. The normalized spacial score (nSPS) is 17.3. The molecule has 7 nitrogen and oxygen atoms in total. The van der Waals surface area contributed by atoms with Crippen LogP contribution < -0.4 is 24.4 Å². The molecular formula is C22H17BrN2O5S2. The van der Waals surface area contributed by atoms with E-state index in [0.717, 1.165) is 14.9 Å². The number of carbonyl (C=O) groups excluding carboxylic acids is 1. The van der Waals surface area contributed by atoms with Crippen molar-refractivity contribution in [2.45, 2.75) is 19.9 Å². The Morgan fingerprint density at radius 1 is 1.38 bits per heavy atom. The van der Waals surface area contributed by atoms with Gasteiger partial charge in [0.25, 0.3) is 5.56 Å². The number of hydrogen-bond acceptors (Lipinski definition) is 8. The van der Waals surface area contributed by atoms with Crippen LogP contribution in [0.15, 0.2) is 55.2 Å². The van der Waals surface area contributed by atoms with Crippen molar-refractivity contribution in [3.05, 3.63) is 75.5 Å². The summed E-state index contributed by atoms with van der Waals surface area (Å²) in [5, 5.41) is 1.92. The Morgan fingerprint density at radius 3 is 2.88 bits per heavy atom. The Balaban J connectivity index is 1.70. The third kappa shape index (κ3) is 3.52. The number of aromatic nitrogens is 1. The van der Waals surface area contributed by atoms with Gasteiger partial charge in [0.2, 0.25) is 6.79 Å². The molecule has 0 aliphatic carbocycles. The molecule has 164 valence electrons. The summed E-state index contributed by atoms with van der Waals surface area (Å²) in [7, 11) is 0. The van der Waals surface area contributed by atoms with Crippen LogP contribution in [0.3, 0.4) is 0 Å². The van der Waals surface area contributed by atoms with E-state index in [9.17, 15) is 9.59 Å². The molecule has 1 atom stereocenters. The van der Waals surface area contributed by atoms with E-state index in [1.807, 2.05) is 29.6 Å². The highest BCUT2D eigenvalue weighted by Crippen LogP contribution is 2.37. The Kier molecular flexibility index (Phi) is 5.52. The second-order valence-electron chi connectivity index (χ2n) is 7.04. The predicted molar refractivity (Wildman–Crippen MR) is 125 cm³/mol. The van der Waals surface area contributed by atoms with Crippen LogP contribution in [-0.4, -0.2) is 23.9 Å². The zero-order valence-corrected chi connectivity index (χ0v) is 20.3. The van der Waals surface area contributed by atoms with E-state index in [2.05, 4.69) is 20.9 Å². The second-order valence-corrected chi connectivity index (χ2v) is 9.89. The third-order valence-corrected chi connectivity index (χ3v) is 7.70. The monoisotopic (exact) mass is 532 g/mol. The Bertz CT molecular complexity index is 1440. The van der Waals surface area contributed by atoms with Crippen molar-refractivity contribution >= 4 is 50.6 Å². The molecule has 5 rings (SSSR count). The number of thiophene rings is 1. The van der Waals surface area contributed by atoms with E-state index in [1.165, 1.54) is 22.7 Å². The molecular weight excluding hydrogens is 516 g/mol. The molecule has 2 aliphatic heterocycles. The highest BCUT2D eigenvalue weighted by molar-refractivity contribution is 9.10. The zero-order chi connectivity index (χ0) is 22.4. The number of thiazole rings is 1. The lowest BCUT2D eigenvalue weighted by molar-refractivity contribution is -0.139. The molecule has 0 N–H and O–H groups in total. The highest BCUT2D eigenvalue weighted by atomic mass is 79.9. The first-order chi connectivity index (χ1) is 15.5. The molecule has 1 aromatic carbocycles. The summed E-state index contributed by atoms with van der Waals surface area (Å²) in [4.78, 5) is 32.3. The van der Waals surface area contributed by atoms with E-state index in [-0.39, 0.29) is 19.0 Å². The van der Waals surface area contributed by atoms with Gasteiger partial charge in [0.1, 0.15) is 6.04 Å². The Labute approximate surface area is 199 Å². The lowest BCUT2D eigenvalue weighted by Crippen LogP contribution is -2.39. The van der Waals surface area contributed by atoms with E-state index in [0.29, 0.717) is 32.1 Å². The molecule has 0 fully saturated rings. The van der Waals surface area contributed by atoms with Crippen molar-refractivity contribution < 1.29 is 19.0 Å². The van der Waals surface area contributed by atoms with Gasteiger partial charge in [-0.05, 0) is 49.1 Å². The molecule has 2 aromatic heterocycles. The summed E-state index contributed by atoms with van der Waals surface area (Å²) >= 11 is 6.31. The zero-order valence-electron chi connectivity index (χ0n) is 17.1. The largest absolute Gasteiger partial charge is 0.463 e. The Hall–Kier alpha value is -2.69. The van der Waals surface area contributed by atoms with Gasteiger partial charge >= 0.3 is 5.97 Å². The minimum Gasteiger partial charge on any atom is -0.463 e. The molecule has 0 saturated heterocycles. The summed E-state index contributed by atoms with van der Waals surface area (Å²) in [5.74, 6) is 0.826. The van der Waals surface area contributed by atoms with E-state index < -0.39 is 12.0 Å². The molecule has 32 heavy (non-hydrogen) atoms. The van der Waals surface area contributed by atoms with Crippen LogP contribution in [-0.2, 0) is 9.53 Å². The van der Waals surface area contributed by atoms with Crippen molar-refractivity contribution in [3.8, 4) is 11.5 Å². The summed E-state index contributed by atoms with van der Waals surface area (Å²) in [6, 6.07) is 6.89. The number of carbonyl (C=O) groups is 1. The standard InChI is InChI=1S/C22H17BrN2O5S2/c1-3-28-21(27)18-11(2)24-22-25(19(18)16-5-4-6-31-16)20(26)17(32-22)8-12-7-14-15(9-13(12)23)30-10-29-14/h4-9,19H,3,10H2,1-2H3. The fourth-order valence-corrected chi connectivity index (χ4v) is 5.99. The molecule has 0 radical (unpaired) electrons. The van der Waals surface area contributed by atoms with Crippen LogP contribution in [0.2, 0.25) is 0 Å². The van der Waals surface area contributed by atoms with Gasteiger partial charge < -0.3 is 14.2 Å². The quantitative estimate of drug-likeness (QED) is 0.481. The molecule has 0 amide bonds. The molecule has 0 saturated carbocycles. The number of fused-ring (bicyclic) bond motifs is 2. The maximum Gasteiger partial charge on any atom is 0.338 e. The number of benzene rings is 1. The lowest BCUT2D eigenvalue weighted by Gasteiger charge is -2.23. The first kappa shape index (κ1) is 21.2. The van der Waals surface area contributed by atoms with Gasteiger partial charge in [-0.2, -0.15) is 0 Å². The molecule has 3 aromatic rings. The average molecular weight is 533 g/mol. The predicted octanol–water partition coefficient (Wildman–Crippen LogP) is 3.35. The highest BCUT2D eigenvalue weighted by Gasteiger charge is 2.33. The number of halogens is 1. The molecule has 0 spiro atoms. The van der Waals surface area contributed by atoms with Crippen LogP contribution in [0.1, 0.15) is 30.3 Å².